The van der Waals surface area contributed by atoms with E-state index < -0.39 is 0 Å². The number of para-hydroxylation sites is 1. The lowest BCUT2D eigenvalue weighted by atomic mass is 10.3. The van der Waals surface area contributed by atoms with E-state index in [4.69, 9.17) is 9.47 Å². The van der Waals surface area contributed by atoms with Crippen molar-refractivity contribution < 1.29 is 9.47 Å². The number of pyridine rings is 1. The molecule has 1 heterocycles. The Kier molecular flexibility index (Phi) is 4.41. The minimum absolute atomic E-state index is 0.595. The maximum absolute atomic E-state index is 5.56. The van der Waals surface area contributed by atoms with Crippen molar-refractivity contribution in [2.45, 2.75) is 0 Å². The van der Waals surface area contributed by atoms with Gasteiger partial charge in [-0.05, 0) is 24.3 Å². The highest BCUT2D eigenvalue weighted by molar-refractivity contribution is 5.37. The Bertz CT molecular complexity index is 457. The average Bonchev–Trinajstić information content (AvgIpc) is 2.45. The number of rotatable bonds is 6. The Morgan fingerprint density at radius 2 is 1.89 bits per heavy atom. The highest BCUT2D eigenvalue weighted by atomic mass is 16.5. The summed E-state index contributed by atoms with van der Waals surface area (Å²) in [6, 6.07) is 13.5. The Balaban J connectivity index is 1.72. The summed E-state index contributed by atoms with van der Waals surface area (Å²) in [4.78, 5) is 4.20. The molecule has 0 saturated carbocycles. The average molecular weight is 244 g/mol. The number of benzene rings is 1. The molecule has 0 unspecified atom stereocenters. The van der Waals surface area contributed by atoms with Crippen LogP contribution in [0.3, 0.4) is 0 Å². The molecule has 0 aliphatic carbocycles. The van der Waals surface area contributed by atoms with E-state index in [1.165, 1.54) is 0 Å². The first-order valence-corrected chi connectivity index (χ1v) is 5.80. The molecule has 0 amide bonds. The van der Waals surface area contributed by atoms with Gasteiger partial charge in [0, 0.05) is 0 Å². The molecule has 0 aliphatic heterocycles. The molecule has 0 bridgehead atoms. The summed E-state index contributed by atoms with van der Waals surface area (Å²) in [5.41, 5.74) is 0. The summed E-state index contributed by atoms with van der Waals surface area (Å²) in [5, 5.41) is 3.17. The van der Waals surface area contributed by atoms with Crippen LogP contribution in [0.25, 0.3) is 0 Å². The molecule has 1 aromatic carbocycles. The summed E-state index contributed by atoms with van der Waals surface area (Å²) in [7, 11) is 1.62. The highest BCUT2D eigenvalue weighted by Crippen LogP contribution is 2.11. The van der Waals surface area contributed by atoms with Crippen LogP contribution in [-0.4, -0.2) is 25.2 Å². The van der Waals surface area contributed by atoms with Gasteiger partial charge in [0.15, 0.2) is 0 Å². The molecule has 2 rings (SSSR count). The van der Waals surface area contributed by atoms with E-state index in [9.17, 15) is 0 Å². The smallest absolute Gasteiger partial charge is 0.137 e. The maximum atomic E-state index is 5.56. The SMILES string of the molecule is COc1ccc(NCCOc2ccccc2)nc1. The van der Waals surface area contributed by atoms with Crippen molar-refractivity contribution in [3.63, 3.8) is 0 Å². The molecule has 18 heavy (non-hydrogen) atoms. The molecular weight excluding hydrogens is 228 g/mol. The van der Waals surface area contributed by atoms with E-state index in [0.29, 0.717) is 13.2 Å². The van der Waals surface area contributed by atoms with Gasteiger partial charge < -0.3 is 14.8 Å². The minimum Gasteiger partial charge on any atom is -0.495 e. The predicted octanol–water partition coefficient (Wildman–Crippen LogP) is 2.58. The number of nitrogens with one attached hydrogen (secondary N) is 1. The zero-order chi connectivity index (χ0) is 12.6. The Hall–Kier alpha value is -2.23. The first-order chi connectivity index (χ1) is 8.88. The van der Waals surface area contributed by atoms with Gasteiger partial charge in [0.2, 0.25) is 0 Å². The van der Waals surface area contributed by atoms with Crippen LogP contribution < -0.4 is 14.8 Å². The van der Waals surface area contributed by atoms with Crippen LogP contribution in [0.15, 0.2) is 48.7 Å². The van der Waals surface area contributed by atoms with Crippen LogP contribution in [0, 0.1) is 0 Å². The first-order valence-electron chi connectivity index (χ1n) is 5.80. The van der Waals surface area contributed by atoms with E-state index in [1.807, 2.05) is 42.5 Å². The molecule has 1 N–H and O–H groups in total. The zero-order valence-corrected chi connectivity index (χ0v) is 10.3. The fourth-order valence-electron chi connectivity index (χ4n) is 1.47. The maximum Gasteiger partial charge on any atom is 0.137 e. The molecule has 0 radical (unpaired) electrons. The van der Waals surface area contributed by atoms with Crippen molar-refractivity contribution in [1.82, 2.24) is 4.98 Å². The molecule has 0 aliphatic rings. The second-order valence-electron chi connectivity index (χ2n) is 3.67. The van der Waals surface area contributed by atoms with Gasteiger partial charge >= 0.3 is 0 Å². The largest absolute Gasteiger partial charge is 0.495 e. The van der Waals surface area contributed by atoms with E-state index in [1.54, 1.807) is 13.3 Å². The van der Waals surface area contributed by atoms with Gasteiger partial charge in [0.1, 0.15) is 23.9 Å². The van der Waals surface area contributed by atoms with Crippen LogP contribution in [0.2, 0.25) is 0 Å². The first kappa shape index (κ1) is 12.2. The summed E-state index contributed by atoms with van der Waals surface area (Å²) < 4.78 is 10.6. The van der Waals surface area contributed by atoms with Crippen molar-refractivity contribution >= 4 is 5.82 Å². The molecule has 2 aromatic rings. The number of methoxy groups -OCH3 is 1. The van der Waals surface area contributed by atoms with Crippen molar-refractivity contribution in [3.05, 3.63) is 48.7 Å². The number of anilines is 1. The van der Waals surface area contributed by atoms with Gasteiger partial charge in [-0.1, -0.05) is 18.2 Å². The van der Waals surface area contributed by atoms with Gasteiger partial charge in [-0.3, -0.25) is 0 Å². The molecule has 0 atom stereocenters. The highest BCUT2D eigenvalue weighted by Gasteiger charge is 1.95. The molecule has 0 fully saturated rings. The van der Waals surface area contributed by atoms with Gasteiger partial charge in [0.05, 0.1) is 19.9 Å². The van der Waals surface area contributed by atoms with Crippen molar-refractivity contribution in [1.29, 1.82) is 0 Å². The number of hydrogen-bond donors (Lipinski definition) is 1. The van der Waals surface area contributed by atoms with E-state index in [2.05, 4.69) is 10.3 Å². The monoisotopic (exact) mass is 244 g/mol. The summed E-state index contributed by atoms with van der Waals surface area (Å²) in [5.74, 6) is 2.44. The Morgan fingerprint density at radius 3 is 2.56 bits per heavy atom. The lowest BCUT2D eigenvalue weighted by Crippen LogP contribution is -2.12. The number of nitrogens with zero attached hydrogens (tertiary/aromatic N) is 1. The van der Waals surface area contributed by atoms with Crippen LogP contribution in [0.5, 0.6) is 11.5 Å². The minimum atomic E-state index is 0.595. The standard InChI is InChI=1S/C14H16N2O2/c1-17-13-7-8-14(16-11-13)15-9-10-18-12-5-3-2-4-6-12/h2-8,11H,9-10H2,1H3,(H,15,16). The van der Waals surface area contributed by atoms with E-state index >= 15 is 0 Å². The summed E-state index contributed by atoms with van der Waals surface area (Å²) >= 11 is 0. The molecule has 0 saturated heterocycles. The zero-order valence-electron chi connectivity index (χ0n) is 10.3. The molecule has 4 nitrogen and oxygen atoms in total. The number of ether oxygens (including phenoxy) is 2. The van der Waals surface area contributed by atoms with Crippen LogP contribution in [0.4, 0.5) is 5.82 Å². The third-order valence-electron chi connectivity index (χ3n) is 2.39. The van der Waals surface area contributed by atoms with Crippen molar-refractivity contribution in [2.75, 3.05) is 25.6 Å². The Labute approximate surface area is 107 Å². The number of hydrogen-bond acceptors (Lipinski definition) is 4. The molecule has 0 spiro atoms. The third-order valence-corrected chi connectivity index (χ3v) is 2.39. The lowest BCUT2D eigenvalue weighted by Gasteiger charge is -2.08. The van der Waals surface area contributed by atoms with Gasteiger partial charge in [-0.15, -0.1) is 0 Å². The van der Waals surface area contributed by atoms with Crippen molar-refractivity contribution in [2.24, 2.45) is 0 Å². The van der Waals surface area contributed by atoms with Gasteiger partial charge in [-0.2, -0.15) is 0 Å². The van der Waals surface area contributed by atoms with Gasteiger partial charge in [0.25, 0.3) is 0 Å². The summed E-state index contributed by atoms with van der Waals surface area (Å²) in [6.07, 6.45) is 1.68. The van der Waals surface area contributed by atoms with Crippen molar-refractivity contribution in [3.8, 4) is 11.5 Å². The number of aromatic nitrogens is 1. The molecular formula is C14H16N2O2. The fraction of sp³-hybridized carbons (Fsp3) is 0.214. The van der Waals surface area contributed by atoms with E-state index in [0.717, 1.165) is 17.3 Å². The fourth-order valence-corrected chi connectivity index (χ4v) is 1.47. The van der Waals surface area contributed by atoms with E-state index in [-0.39, 0.29) is 0 Å². The van der Waals surface area contributed by atoms with Crippen LogP contribution >= 0.6 is 0 Å². The van der Waals surface area contributed by atoms with Gasteiger partial charge in [-0.25, -0.2) is 4.98 Å². The molecule has 94 valence electrons. The van der Waals surface area contributed by atoms with Crippen LogP contribution in [0.1, 0.15) is 0 Å². The topological polar surface area (TPSA) is 43.4 Å². The van der Waals surface area contributed by atoms with Crippen LogP contribution in [-0.2, 0) is 0 Å². The molecule has 4 heteroatoms. The quantitative estimate of drug-likeness (QED) is 0.793. The molecule has 1 aromatic heterocycles. The third kappa shape index (κ3) is 3.66. The Morgan fingerprint density at radius 1 is 1.06 bits per heavy atom. The normalized spacial score (nSPS) is 9.83. The lowest BCUT2D eigenvalue weighted by molar-refractivity contribution is 0.333. The second-order valence-corrected chi connectivity index (χ2v) is 3.67. The second kappa shape index (κ2) is 6.49. The predicted molar refractivity (Wildman–Crippen MR) is 71.2 cm³/mol. The summed E-state index contributed by atoms with van der Waals surface area (Å²) in [6.45, 7) is 1.30.